The van der Waals surface area contributed by atoms with Gasteiger partial charge < -0.3 is 19.9 Å². The topological polar surface area (TPSA) is 105 Å². The van der Waals surface area contributed by atoms with Crippen molar-refractivity contribution in [2.75, 3.05) is 45.7 Å². The number of aryl methyl sites for hydroxylation is 2. The highest BCUT2D eigenvalue weighted by Crippen LogP contribution is 2.27. The number of methoxy groups -OCH3 is 1. The molecule has 3 aromatic rings. The van der Waals surface area contributed by atoms with Crippen molar-refractivity contribution in [3.05, 3.63) is 47.0 Å². The van der Waals surface area contributed by atoms with E-state index in [4.69, 9.17) is 4.74 Å². The molecule has 0 spiro atoms. The Bertz CT molecular complexity index is 1150. The van der Waals surface area contributed by atoms with Crippen molar-refractivity contribution in [1.82, 2.24) is 29.4 Å². The van der Waals surface area contributed by atoms with Crippen molar-refractivity contribution in [1.29, 1.82) is 0 Å². The van der Waals surface area contributed by atoms with E-state index in [0.29, 0.717) is 35.9 Å². The zero-order valence-electron chi connectivity index (χ0n) is 18.0. The van der Waals surface area contributed by atoms with Crippen molar-refractivity contribution in [2.45, 2.75) is 13.8 Å². The number of hydrogen-bond acceptors (Lipinski definition) is 7. The lowest BCUT2D eigenvalue weighted by molar-refractivity contribution is 0.0664. The fraction of sp³-hybridized carbons (Fsp3) is 0.381. The van der Waals surface area contributed by atoms with Gasteiger partial charge in [-0.1, -0.05) is 0 Å². The largest absolute Gasteiger partial charge is 0.495 e. The molecule has 1 aliphatic heterocycles. The molecular formula is C21H25N7O3. The molecule has 1 aliphatic rings. The third kappa shape index (κ3) is 4.19. The molecule has 2 aromatic heterocycles. The molecule has 2 amide bonds. The molecule has 10 heteroatoms. The van der Waals surface area contributed by atoms with Crippen molar-refractivity contribution >= 4 is 23.3 Å². The summed E-state index contributed by atoms with van der Waals surface area (Å²) in [6.45, 7) is 6.72. The first-order valence-corrected chi connectivity index (χ1v) is 10.0. The van der Waals surface area contributed by atoms with Gasteiger partial charge in [0.05, 0.1) is 12.8 Å². The second-order valence-electron chi connectivity index (χ2n) is 7.65. The Hall–Kier alpha value is -3.53. The molecule has 31 heavy (non-hydrogen) atoms. The van der Waals surface area contributed by atoms with Crippen LogP contribution in [0.4, 0.5) is 5.69 Å². The third-order valence-electron chi connectivity index (χ3n) is 5.31. The van der Waals surface area contributed by atoms with E-state index in [2.05, 4.69) is 25.3 Å². The van der Waals surface area contributed by atoms with E-state index in [9.17, 15) is 9.59 Å². The monoisotopic (exact) mass is 423 g/mol. The minimum Gasteiger partial charge on any atom is -0.495 e. The second kappa shape index (κ2) is 8.31. The van der Waals surface area contributed by atoms with Gasteiger partial charge in [0.15, 0.2) is 0 Å². The predicted molar refractivity (Wildman–Crippen MR) is 115 cm³/mol. The molecular weight excluding hydrogens is 398 g/mol. The predicted octanol–water partition coefficient (Wildman–Crippen LogP) is 1.39. The zero-order chi connectivity index (χ0) is 22.1. The number of carbonyl (C=O) groups excluding carboxylic acids is 2. The Balaban J connectivity index is 1.58. The van der Waals surface area contributed by atoms with Gasteiger partial charge in [-0.15, -0.1) is 5.10 Å². The van der Waals surface area contributed by atoms with E-state index in [0.717, 1.165) is 24.5 Å². The number of nitrogens with zero attached hydrogens (tertiary/aromatic N) is 6. The number of nitrogens with one attached hydrogen (secondary N) is 1. The smallest absolute Gasteiger partial charge is 0.295 e. The van der Waals surface area contributed by atoms with E-state index in [1.807, 2.05) is 31.9 Å². The zero-order valence-corrected chi connectivity index (χ0v) is 18.0. The Labute approximate surface area is 179 Å². The number of carbonyl (C=O) groups is 2. The van der Waals surface area contributed by atoms with E-state index < -0.39 is 5.91 Å². The second-order valence-corrected chi connectivity index (χ2v) is 7.65. The number of anilines is 1. The Morgan fingerprint density at radius 1 is 1.06 bits per heavy atom. The summed E-state index contributed by atoms with van der Waals surface area (Å²) in [5, 5.41) is 7.02. The van der Waals surface area contributed by atoms with Crippen molar-refractivity contribution in [3.8, 4) is 5.75 Å². The Kier molecular flexibility index (Phi) is 5.55. The van der Waals surface area contributed by atoms with E-state index in [1.165, 1.54) is 11.6 Å². The average molecular weight is 423 g/mol. The number of likely N-dealkylation sites (N-methyl/N-ethyl adjacent to an activating group) is 1. The van der Waals surface area contributed by atoms with Crippen LogP contribution in [-0.4, -0.2) is 81.5 Å². The van der Waals surface area contributed by atoms with Crippen LogP contribution in [0.1, 0.15) is 32.4 Å². The van der Waals surface area contributed by atoms with Crippen LogP contribution in [0, 0.1) is 13.8 Å². The highest BCUT2D eigenvalue weighted by Gasteiger charge is 2.22. The molecule has 0 bridgehead atoms. The SMILES string of the molecule is COc1ccc(C(=O)N2CCN(C)CC2)cc1NC(=O)c1nc2nc(C)cc(C)n2n1. The Morgan fingerprint density at radius 2 is 1.81 bits per heavy atom. The van der Waals surface area contributed by atoms with Gasteiger partial charge in [0.1, 0.15) is 5.75 Å². The van der Waals surface area contributed by atoms with Gasteiger partial charge in [-0.2, -0.15) is 4.98 Å². The summed E-state index contributed by atoms with van der Waals surface area (Å²) < 4.78 is 6.89. The number of ether oxygens (including phenoxy) is 1. The molecule has 3 heterocycles. The van der Waals surface area contributed by atoms with E-state index >= 15 is 0 Å². The number of piperazine rings is 1. The number of aromatic nitrogens is 4. The average Bonchev–Trinajstić information content (AvgIpc) is 3.18. The molecule has 4 rings (SSSR count). The summed E-state index contributed by atoms with van der Waals surface area (Å²) in [5.41, 5.74) is 2.48. The van der Waals surface area contributed by atoms with E-state index in [-0.39, 0.29) is 11.7 Å². The lowest BCUT2D eigenvalue weighted by atomic mass is 10.1. The van der Waals surface area contributed by atoms with Crippen LogP contribution in [0.5, 0.6) is 5.75 Å². The minimum atomic E-state index is -0.509. The maximum atomic E-state index is 12.9. The van der Waals surface area contributed by atoms with Crippen LogP contribution in [0.15, 0.2) is 24.3 Å². The van der Waals surface area contributed by atoms with Gasteiger partial charge in [-0.05, 0) is 45.2 Å². The number of amides is 2. The normalized spacial score (nSPS) is 14.6. The molecule has 0 radical (unpaired) electrons. The van der Waals surface area contributed by atoms with Gasteiger partial charge in [0, 0.05) is 43.1 Å². The van der Waals surface area contributed by atoms with Gasteiger partial charge in [-0.3, -0.25) is 9.59 Å². The van der Waals surface area contributed by atoms with Crippen LogP contribution >= 0.6 is 0 Å². The van der Waals surface area contributed by atoms with Gasteiger partial charge in [0.2, 0.25) is 5.82 Å². The van der Waals surface area contributed by atoms with Crippen LogP contribution in [-0.2, 0) is 0 Å². The summed E-state index contributed by atoms with van der Waals surface area (Å²) in [6, 6.07) is 6.86. The summed E-state index contributed by atoms with van der Waals surface area (Å²) in [4.78, 5) is 38.3. The van der Waals surface area contributed by atoms with Crippen molar-refractivity contribution < 1.29 is 14.3 Å². The lowest BCUT2D eigenvalue weighted by Gasteiger charge is -2.32. The van der Waals surface area contributed by atoms with Crippen molar-refractivity contribution in [3.63, 3.8) is 0 Å². The first-order chi connectivity index (χ1) is 14.9. The summed E-state index contributed by atoms with van der Waals surface area (Å²) in [6.07, 6.45) is 0. The first-order valence-electron chi connectivity index (χ1n) is 10.0. The molecule has 0 saturated carbocycles. The van der Waals surface area contributed by atoms with Crippen LogP contribution < -0.4 is 10.1 Å². The lowest BCUT2D eigenvalue weighted by Crippen LogP contribution is -2.47. The van der Waals surface area contributed by atoms with Crippen LogP contribution in [0.25, 0.3) is 5.78 Å². The molecule has 0 atom stereocenters. The number of rotatable bonds is 4. The molecule has 1 saturated heterocycles. The maximum absolute atomic E-state index is 12.9. The number of benzene rings is 1. The minimum absolute atomic E-state index is 0.0148. The van der Waals surface area contributed by atoms with E-state index in [1.54, 1.807) is 18.2 Å². The summed E-state index contributed by atoms with van der Waals surface area (Å²) in [5.74, 6) is 0.197. The van der Waals surface area contributed by atoms with Gasteiger partial charge in [-0.25, -0.2) is 9.50 Å². The van der Waals surface area contributed by atoms with Crippen LogP contribution in [0.2, 0.25) is 0 Å². The highest BCUT2D eigenvalue weighted by molar-refractivity contribution is 6.04. The molecule has 162 valence electrons. The molecule has 1 aromatic carbocycles. The first kappa shape index (κ1) is 20.7. The quantitative estimate of drug-likeness (QED) is 0.676. The molecule has 0 unspecified atom stereocenters. The fourth-order valence-electron chi connectivity index (χ4n) is 3.57. The number of hydrogen-bond donors (Lipinski definition) is 1. The fourth-order valence-corrected chi connectivity index (χ4v) is 3.57. The maximum Gasteiger partial charge on any atom is 0.295 e. The van der Waals surface area contributed by atoms with Crippen LogP contribution in [0.3, 0.4) is 0 Å². The standard InChI is InChI=1S/C21H25N7O3/c1-13-11-14(2)28-21(22-13)24-18(25-28)19(29)23-16-12-15(5-6-17(16)31-4)20(30)27-9-7-26(3)8-10-27/h5-6,11-12H,7-10H2,1-4H3,(H,23,29). The number of fused-ring (bicyclic) bond motifs is 1. The molecule has 1 N–H and O–H groups in total. The van der Waals surface area contributed by atoms with Gasteiger partial charge in [0.25, 0.3) is 17.6 Å². The van der Waals surface area contributed by atoms with Crippen molar-refractivity contribution in [2.24, 2.45) is 0 Å². The van der Waals surface area contributed by atoms with Gasteiger partial charge >= 0.3 is 0 Å². The molecule has 10 nitrogen and oxygen atoms in total. The molecule has 1 fully saturated rings. The summed E-state index contributed by atoms with van der Waals surface area (Å²) in [7, 11) is 3.54. The summed E-state index contributed by atoms with van der Waals surface area (Å²) >= 11 is 0. The Morgan fingerprint density at radius 3 is 2.52 bits per heavy atom. The third-order valence-corrected chi connectivity index (χ3v) is 5.31. The highest BCUT2D eigenvalue weighted by atomic mass is 16.5. The molecule has 0 aliphatic carbocycles.